The molecule has 1 aromatic rings. The molecule has 3 nitrogen and oxygen atoms in total. The summed E-state index contributed by atoms with van der Waals surface area (Å²) in [4.78, 5) is 0. The van der Waals surface area contributed by atoms with Gasteiger partial charge in [0.05, 0.1) is 26.4 Å². The topological polar surface area (TPSA) is 38.7 Å². The van der Waals surface area contributed by atoms with E-state index in [9.17, 15) is 5.11 Å². The van der Waals surface area contributed by atoms with Crippen LogP contribution in [-0.4, -0.2) is 25.4 Å². The standard InChI is InChI=1S/C13H16O3/c1-9-7-16-8-11(9)13(14)10-5-3-4-6-12(10)15-2/h3-6,11,13-14H,1,7-8H2,2H3/t11-,13+/m1/s1. The molecule has 2 rings (SSSR count). The van der Waals surface area contributed by atoms with Gasteiger partial charge in [-0.1, -0.05) is 24.8 Å². The summed E-state index contributed by atoms with van der Waals surface area (Å²) in [7, 11) is 1.60. The van der Waals surface area contributed by atoms with E-state index >= 15 is 0 Å². The van der Waals surface area contributed by atoms with Gasteiger partial charge in [-0.3, -0.25) is 0 Å². The Bertz CT molecular complexity index is 387. The van der Waals surface area contributed by atoms with Crippen LogP contribution in [0.4, 0.5) is 0 Å². The van der Waals surface area contributed by atoms with Gasteiger partial charge in [-0.15, -0.1) is 0 Å². The van der Waals surface area contributed by atoms with Gasteiger partial charge in [0.25, 0.3) is 0 Å². The van der Waals surface area contributed by atoms with Crippen LogP contribution in [0.1, 0.15) is 11.7 Å². The highest BCUT2D eigenvalue weighted by Crippen LogP contribution is 2.35. The van der Waals surface area contributed by atoms with Crippen LogP contribution in [0.2, 0.25) is 0 Å². The van der Waals surface area contributed by atoms with Crippen LogP contribution in [0, 0.1) is 5.92 Å². The van der Waals surface area contributed by atoms with Crippen molar-refractivity contribution in [1.29, 1.82) is 0 Å². The van der Waals surface area contributed by atoms with Crippen LogP contribution in [0.5, 0.6) is 5.75 Å². The molecule has 1 fully saturated rings. The van der Waals surface area contributed by atoms with Crippen LogP contribution in [0.15, 0.2) is 36.4 Å². The first kappa shape index (κ1) is 11.2. The monoisotopic (exact) mass is 220 g/mol. The molecular weight excluding hydrogens is 204 g/mol. The highest BCUT2D eigenvalue weighted by molar-refractivity contribution is 5.36. The molecule has 1 aliphatic rings. The maximum atomic E-state index is 10.3. The molecule has 0 unspecified atom stereocenters. The molecule has 0 radical (unpaired) electrons. The van der Waals surface area contributed by atoms with Crippen molar-refractivity contribution >= 4 is 0 Å². The van der Waals surface area contributed by atoms with Crippen molar-refractivity contribution in [3.63, 3.8) is 0 Å². The van der Waals surface area contributed by atoms with E-state index in [0.29, 0.717) is 19.0 Å². The van der Waals surface area contributed by atoms with Gasteiger partial charge in [0, 0.05) is 11.5 Å². The smallest absolute Gasteiger partial charge is 0.124 e. The molecule has 1 saturated heterocycles. The van der Waals surface area contributed by atoms with Crippen LogP contribution in [-0.2, 0) is 4.74 Å². The van der Waals surface area contributed by atoms with Gasteiger partial charge in [-0.2, -0.15) is 0 Å². The molecule has 1 aliphatic heterocycles. The third kappa shape index (κ3) is 1.96. The van der Waals surface area contributed by atoms with Crippen molar-refractivity contribution in [2.24, 2.45) is 5.92 Å². The molecule has 3 heteroatoms. The lowest BCUT2D eigenvalue weighted by atomic mass is 9.92. The van der Waals surface area contributed by atoms with E-state index < -0.39 is 6.10 Å². The number of para-hydroxylation sites is 1. The van der Waals surface area contributed by atoms with Gasteiger partial charge < -0.3 is 14.6 Å². The molecule has 86 valence electrons. The quantitative estimate of drug-likeness (QED) is 0.791. The zero-order valence-corrected chi connectivity index (χ0v) is 9.35. The molecule has 2 atom stereocenters. The normalized spacial score (nSPS) is 22.1. The lowest BCUT2D eigenvalue weighted by Crippen LogP contribution is -2.14. The van der Waals surface area contributed by atoms with Gasteiger partial charge in [0.2, 0.25) is 0 Å². The van der Waals surface area contributed by atoms with E-state index in [4.69, 9.17) is 9.47 Å². The zero-order chi connectivity index (χ0) is 11.5. The van der Waals surface area contributed by atoms with Gasteiger partial charge >= 0.3 is 0 Å². The number of aliphatic hydroxyl groups is 1. The molecule has 1 heterocycles. The Balaban J connectivity index is 2.26. The Morgan fingerprint density at radius 3 is 2.88 bits per heavy atom. The first-order valence-electron chi connectivity index (χ1n) is 5.30. The Kier molecular flexibility index (Phi) is 3.27. The second-order valence-electron chi connectivity index (χ2n) is 3.97. The number of hydrogen-bond acceptors (Lipinski definition) is 3. The molecule has 16 heavy (non-hydrogen) atoms. The summed E-state index contributed by atoms with van der Waals surface area (Å²) in [5.41, 5.74) is 1.74. The molecule has 0 saturated carbocycles. The molecule has 0 aromatic heterocycles. The fourth-order valence-electron chi connectivity index (χ4n) is 1.98. The third-order valence-corrected chi connectivity index (χ3v) is 2.95. The molecule has 0 aliphatic carbocycles. The van der Waals surface area contributed by atoms with Crippen molar-refractivity contribution in [2.45, 2.75) is 6.10 Å². The fourth-order valence-corrected chi connectivity index (χ4v) is 1.98. The van der Waals surface area contributed by atoms with Crippen LogP contribution < -0.4 is 4.74 Å². The van der Waals surface area contributed by atoms with E-state index in [1.807, 2.05) is 24.3 Å². The first-order valence-corrected chi connectivity index (χ1v) is 5.30. The Labute approximate surface area is 95.3 Å². The highest BCUT2D eigenvalue weighted by Gasteiger charge is 2.29. The number of methoxy groups -OCH3 is 1. The summed E-state index contributed by atoms with van der Waals surface area (Å²) >= 11 is 0. The van der Waals surface area contributed by atoms with Crippen LogP contribution in [0.3, 0.4) is 0 Å². The summed E-state index contributed by atoms with van der Waals surface area (Å²) in [6, 6.07) is 7.49. The number of benzene rings is 1. The van der Waals surface area contributed by atoms with E-state index in [2.05, 4.69) is 6.58 Å². The summed E-state index contributed by atoms with van der Waals surface area (Å²) < 4.78 is 10.5. The Morgan fingerprint density at radius 1 is 1.50 bits per heavy atom. The number of hydrogen-bond donors (Lipinski definition) is 1. The average Bonchev–Trinajstić information content (AvgIpc) is 2.74. The van der Waals surface area contributed by atoms with Crippen LogP contribution >= 0.6 is 0 Å². The number of rotatable bonds is 3. The molecule has 0 spiro atoms. The number of ether oxygens (including phenoxy) is 2. The summed E-state index contributed by atoms with van der Waals surface area (Å²) in [6.45, 7) is 4.98. The van der Waals surface area contributed by atoms with Crippen molar-refractivity contribution in [2.75, 3.05) is 20.3 Å². The van der Waals surface area contributed by atoms with Gasteiger partial charge in [-0.25, -0.2) is 0 Å². The SMILES string of the molecule is C=C1COC[C@H]1[C@@H](O)c1ccccc1OC. The Hall–Kier alpha value is -1.32. The van der Waals surface area contributed by atoms with E-state index in [-0.39, 0.29) is 5.92 Å². The molecule has 1 aromatic carbocycles. The van der Waals surface area contributed by atoms with Crippen LogP contribution in [0.25, 0.3) is 0 Å². The van der Waals surface area contributed by atoms with Gasteiger partial charge in [-0.05, 0) is 11.6 Å². The molecule has 0 bridgehead atoms. The second kappa shape index (κ2) is 4.68. The van der Waals surface area contributed by atoms with Gasteiger partial charge in [0.1, 0.15) is 5.75 Å². The predicted molar refractivity (Wildman–Crippen MR) is 61.4 cm³/mol. The predicted octanol–water partition coefficient (Wildman–Crippen LogP) is 1.93. The summed E-state index contributed by atoms with van der Waals surface area (Å²) in [6.07, 6.45) is -0.605. The van der Waals surface area contributed by atoms with Gasteiger partial charge in [0.15, 0.2) is 0 Å². The van der Waals surface area contributed by atoms with E-state index in [1.165, 1.54) is 0 Å². The van der Waals surface area contributed by atoms with Crippen molar-refractivity contribution in [3.05, 3.63) is 42.0 Å². The first-order chi connectivity index (χ1) is 7.74. The third-order valence-electron chi connectivity index (χ3n) is 2.95. The highest BCUT2D eigenvalue weighted by atomic mass is 16.5. The minimum atomic E-state index is -0.605. The molecule has 0 amide bonds. The van der Waals surface area contributed by atoms with Crippen molar-refractivity contribution < 1.29 is 14.6 Å². The average molecular weight is 220 g/mol. The van der Waals surface area contributed by atoms with Crippen molar-refractivity contribution in [3.8, 4) is 5.75 Å². The molecular formula is C13H16O3. The lowest BCUT2D eigenvalue weighted by Gasteiger charge is -2.20. The fraction of sp³-hybridized carbons (Fsp3) is 0.385. The maximum absolute atomic E-state index is 10.3. The summed E-state index contributed by atoms with van der Waals surface area (Å²) in [5.74, 6) is 0.672. The van der Waals surface area contributed by atoms with E-state index in [0.717, 1.165) is 11.1 Å². The zero-order valence-electron chi connectivity index (χ0n) is 9.35. The minimum absolute atomic E-state index is 0.0312. The second-order valence-corrected chi connectivity index (χ2v) is 3.97. The molecule has 1 N–H and O–H groups in total. The minimum Gasteiger partial charge on any atom is -0.496 e. The van der Waals surface area contributed by atoms with E-state index in [1.54, 1.807) is 7.11 Å². The largest absolute Gasteiger partial charge is 0.496 e. The Morgan fingerprint density at radius 2 is 2.25 bits per heavy atom. The maximum Gasteiger partial charge on any atom is 0.124 e. The number of aliphatic hydroxyl groups excluding tert-OH is 1. The lowest BCUT2D eigenvalue weighted by molar-refractivity contribution is 0.0950. The summed E-state index contributed by atoms with van der Waals surface area (Å²) in [5, 5.41) is 10.3. The van der Waals surface area contributed by atoms with Crippen molar-refractivity contribution in [1.82, 2.24) is 0 Å².